The molecule has 0 radical (unpaired) electrons. The molecule has 0 spiro atoms. The number of halogens is 6. The lowest BCUT2D eigenvalue weighted by atomic mass is 9.84. The summed E-state index contributed by atoms with van der Waals surface area (Å²) in [7, 11) is 0. The Morgan fingerprint density at radius 1 is 0.951 bits per heavy atom. The Labute approximate surface area is 232 Å². The average Bonchev–Trinajstić information content (AvgIpc) is 2.94. The number of benzene rings is 3. The summed E-state index contributed by atoms with van der Waals surface area (Å²) in [5, 5.41) is 24.2. The molecule has 1 fully saturated rings. The van der Waals surface area contributed by atoms with Crippen LogP contribution in [-0.2, 0) is 16.1 Å². The van der Waals surface area contributed by atoms with E-state index >= 15 is 0 Å². The van der Waals surface area contributed by atoms with E-state index in [1.54, 1.807) is 12.1 Å². The summed E-state index contributed by atoms with van der Waals surface area (Å²) < 4.78 is 72.6. The number of alkyl halides is 3. The van der Waals surface area contributed by atoms with Crippen LogP contribution in [0.25, 0.3) is 10.8 Å². The number of rotatable bonds is 7. The van der Waals surface area contributed by atoms with E-state index in [9.17, 15) is 36.4 Å². The number of nitriles is 1. The molecule has 1 amide bonds. The van der Waals surface area contributed by atoms with Gasteiger partial charge in [0, 0.05) is 34.6 Å². The number of hydrogen-bond donors (Lipinski definition) is 3. The molecule has 0 aromatic heterocycles. The normalized spacial score (nSPS) is 14.4. The molecule has 0 bridgehead atoms. The monoisotopic (exact) mass is 579 g/mol. The van der Waals surface area contributed by atoms with Crippen LogP contribution < -0.4 is 10.6 Å². The summed E-state index contributed by atoms with van der Waals surface area (Å²) >= 11 is 0. The van der Waals surface area contributed by atoms with Crippen LogP contribution in [0.15, 0.2) is 48.5 Å². The smallest absolute Gasteiger partial charge is 0.475 e. The Balaban J connectivity index is 0.000000587. The first-order valence-electron chi connectivity index (χ1n) is 12.8. The van der Waals surface area contributed by atoms with E-state index in [-0.39, 0.29) is 18.0 Å². The van der Waals surface area contributed by atoms with Crippen LogP contribution in [-0.4, -0.2) is 29.2 Å². The Hall–Kier alpha value is -4.27. The quantitative estimate of drug-likeness (QED) is 0.210. The lowest BCUT2D eigenvalue weighted by molar-refractivity contribution is -0.192. The number of hydrogen-bond acceptors (Lipinski definition) is 4. The van der Waals surface area contributed by atoms with Crippen molar-refractivity contribution in [3.8, 4) is 6.07 Å². The minimum Gasteiger partial charge on any atom is -0.475 e. The molecule has 41 heavy (non-hydrogen) atoms. The van der Waals surface area contributed by atoms with Crippen LogP contribution in [0.4, 0.5) is 32.0 Å². The van der Waals surface area contributed by atoms with Gasteiger partial charge in [0.25, 0.3) is 0 Å². The van der Waals surface area contributed by atoms with Crippen molar-refractivity contribution in [2.45, 2.75) is 57.3 Å². The first-order valence-corrected chi connectivity index (χ1v) is 12.8. The summed E-state index contributed by atoms with van der Waals surface area (Å²) in [5.41, 5.74) is 1.15. The first kappa shape index (κ1) is 31.3. The number of carboxylic acids is 1. The largest absolute Gasteiger partial charge is 0.490 e. The Morgan fingerprint density at radius 3 is 2.17 bits per heavy atom. The Bertz CT molecular complexity index is 1430. The summed E-state index contributed by atoms with van der Waals surface area (Å²) in [5.74, 6) is -6.06. The van der Waals surface area contributed by atoms with Crippen LogP contribution in [0, 0.1) is 34.7 Å². The van der Waals surface area contributed by atoms with Gasteiger partial charge in [0.05, 0.1) is 11.6 Å². The van der Waals surface area contributed by atoms with E-state index in [2.05, 4.69) is 16.7 Å². The van der Waals surface area contributed by atoms with Crippen molar-refractivity contribution in [1.29, 1.82) is 5.26 Å². The summed E-state index contributed by atoms with van der Waals surface area (Å²) in [6, 6.07) is 13.8. The van der Waals surface area contributed by atoms with Crippen molar-refractivity contribution >= 4 is 28.3 Å². The van der Waals surface area contributed by atoms with Gasteiger partial charge >= 0.3 is 12.1 Å². The maximum absolute atomic E-state index is 14.0. The second-order valence-corrected chi connectivity index (χ2v) is 9.63. The topological polar surface area (TPSA) is 102 Å². The lowest BCUT2D eigenvalue weighted by Crippen LogP contribution is -2.41. The van der Waals surface area contributed by atoms with E-state index in [1.165, 1.54) is 6.42 Å². The van der Waals surface area contributed by atoms with Crippen molar-refractivity contribution in [3.05, 3.63) is 77.1 Å². The molecule has 3 aromatic rings. The number of anilines is 1. The number of nitrogens with zero attached hydrogens (tertiary/aromatic N) is 1. The molecule has 0 saturated heterocycles. The zero-order valence-electron chi connectivity index (χ0n) is 21.7. The third kappa shape index (κ3) is 8.61. The molecule has 1 saturated carbocycles. The fraction of sp³-hybridized carbons (Fsp3) is 0.345. The van der Waals surface area contributed by atoms with Gasteiger partial charge in [0.1, 0.15) is 11.9 Å². The summed E-state index contributed by atoms with van der Waals surface area (Å²) in [6.07, 6.45) is 1.03. The van der Waals surface area contributed by atoms with Crippen LogP contribution in [0.3, 0.4) is 0 Å². The second-order valence-electron chi connectivity index (χ2n) is 9.63. The number of carbonyl (C=O) groups is 2. The molecule has 4 rings (SSSR count). The van der Waals surface area contributed by atoms with Crippen molar-refractivity contribution in [2.24, 2.45) is 5.92 Å². The molecule has 12 heteroatoms. The van der Waals surface area contributed by atoms with Gasteiger partial charge in [-0.15, -0.1) is 0 Å². The maximum atomic E-state index is 14.0. The first-order chi connectivity index (χ1) is 19.4. The second kappa shape index (κ2) is 13.9. The minimum absolute atomic E-state index is 0.118. The van der Waals surface area contributed by atoms with E-state index in [0.29, 0.717) is 24.0 Å². The fourth-order valence-electron chi connectivity index (χ4n) is 4.70. The maximum Gasteiger partial charge on any atom is 0.490 e. The van der Waals surface area contributed by atoms with Crippen molar-refractivity contribution < 1.29 is 41.0 Å². The molecule has 0 unspecified atom stereocenters. The van der Waals surface area contributed by atoms with Gasteiger partial charge in [0.2, 0.25) is 5.91 Å². The standard InChI is InChI=1S/C27H26F3N3O.C2HF3O2/c28-22-14-24(30)23(29)13-19(22)16-32-27(34)26(12-17-6-2-1-3-7-17)33-25-11-10-18(15-31)20-8-4-5-9-21(20)25;3-2(4,5)1(6)7/h4-5,8-11,13-14,17,26,33H,1-3,6-7,12,16H2,(H,32,34);(H,6,7)/t26-;/m0./s1. The summed E-state index contributed by atoms with van der Waals surface area (Å²) in [6.45, 7) is -0.251. The molecule has 3 aromatic carbocycles. The number of amides is 1. The molecule has 1 aliphatic carbocycles. The van der Waals surface area contributed by atoms with E-state index in [1.807, 2.05) is 24.3 Å². The van der Waals surface area contributed by atoms with Crippen molar-refractivity contribution in [3.63, 3.8) is 0 Å². The van der Waals surface area contributed by atoms with Gasteiger partial charge in [-0.3, -0.25) is 4.79 Å². The highest BCUT2D eigenvalue weighted by Gasteiger charge is 2.38. The average molecular weight is 580 g/mol. The zero-order valence-corrected chi connectivity index (χ0v) is 21.7. The van der Waals surface area contributed by atoms with Gasteiger partial charge in [-0.25, -0.2) is 18.0 Å². The molecular weight excluding hydrogens is 552 g/mol. The van der Waals surface area contributed by atoms with Gasteiger partial charge in [0.15, 0.2) is 11.6 Å². The number of carboxylic acid groups (broad SMARTS) is 1. The molecule has 0 heterocycles. The number of nitrogens with one attached hydrogen (secondary N) is 2. The minimum atomic E-state index is -5.08. The van der Waals surface area contributed by atoms with Crippen molar-refractivity contribution in [2.75, 3.05) is 5.32 Å². The Kier molecular flexibility index (Phi) is 10.6. The highest BCUT2D eigenvalue weighted by Crippen LogP contribution is 2.31. The van der Waals surface area contributed by atoms with Gasteiger partial charge in [-0.1, -0.05) is 56.4 Å². The van der Waals surface area contributed by atoms with Crippen LogP contribution >= 0.6 is 0 Å². The predicted molar refractivity (Wildman–Crippen MR) is 139 cm³/mol. The third-order valence-electron chi connectivity index (χ3n) is 6.77. The SMILES string of the molecule is N#Cc1ccc(N[C@@H](CC2CCCCC2)C(=O)NCc2cc(F)c(F)cc2F)c2ccccc12.O=C(O)C(F)(F)F. The Morgan fingerprint density at radius 2 is 1.56 bits per heavy atom. The van der Waals surface area contributed by atoms with Crippen LogP contribution in [0.5, 0.6) is 0 Å². The highest BCUT2D eigenvalue weighted by atomic mass is 19.4. The molecule has 1 atom stereocenters. The number of carbonyl (C=O) groups excluding carboxylic acids is 1. The zero-order chi connectivity index (χ0) is 30.2. The fourth-order valence-corrected chi connectivity index (χ4v) is 4.70. The van der Waals surface area contributed by atoms with E-state index in [0.717, 1.165) is 48.2 Å². The van der Waals surface area contributed by atoms with Gasteiger partial charge in [-0.05, 0) is 30.5 Å². The van der Waals surface area contributed by atoms with E-state index in [4.69, 9.17) is 9.90 Å². The number of aliphatic carboxylic acids is 1. The van der Waals surface area contributed by atoms with Crippen LogP contribution in [0.2, 0.25) is 0 Å². The van der Waals surface area contributed by atoms with Gasteiger partial charge in [-0.2, -0.15) is 18.4 Å². The van der Waals surface area contributed by atoms with E-state index < -0.39 is 35.6 Å². The molecule has 3 N–H and O–H groups in total. The predicted octanol–water partition coefficient (Wildman–Crippen LogP) is 6.83. The van der Waals surface area contributed by atoms with Gasteiger partial charge < -0.3 is 15.7 Å². The molecule has 0 aliphatic heterocycles. The highest BCUT2D eigenvalue weighted by molar-refractivity contribution is 5.99. The molecular formula is C29H27F6N3O3. The molecule has 1 aliphatic rings. The third-order valence-corrected chi connectivity index (χ3v) is 6.77. The summed E-state index contributed by atoms with van der Waals surface area (Å²) in [4.78, 5) is 22.1. The lowest BCUT2D eigenvalue weighted by Gasteiger charge is -2.27. The van der Waals surface area contributed by atoms with Crippen LogP contribution in [0.1, 0.15) is 49.7 Å². The van der Waals surface area contributed by atoms with Crippen molar-refractivity contribution in [1.82, 2.24) is 5.32 Å². The molecule has 218 valence electrons. The number of fused-ring (bicyclic) bond motifs is 1. The molecule has 6 nitrogen and oxygen atoms in total.